The van der Waals surface area contributed by atoms with E-state index in [1.54, 1.807) is 6.20 Å². The quantitative estimate of drug-likeness (QED) is 0.887. The van der Waals surface area contributed by atoms with E-state index < -0.39 is 0 Å². The summed E-state index contributed by atoms with van der Waals surface area (Å²) in [6, 6.07) is 4.72. The number of aromatic nitrogens is 1. The molecule has 0 saturated heterocycles. The largest absolute Gasteiger partial charge is 0.381 e. The van der Waals surface area contributed by atoms with Gasteiger partial charge in [-0.05, 0) is 37.8 Å². The molecule has 0 atom stereocenters. The van der Waals surface area contributed by atoms with E-state index in [1.165, 1.54) is 51.4 Å². The number of amides is 1. The average Bonchev–Trinajstić information content (AvgIpc) is 2.57. The summed E-state index contributed by atoms with van der Waals surface area (Å²) in [5.41, 5.74) is 1.56. The van der Waals surface area contributed by atoms with Gasteiger partial charge in [-0.15, -0.1) is 0 Å². The van der Waals surface area contributed by atoms with E-state index in [2.05, 4.69) is 15.6 Å². The van der Waals surface area contributed by atoms with Gasteiger partial charge in [0.1, 0.15) is 5.69 Å². The highest BCUT2D eigenvalue weighted by Crippen LogP contribution is 2.21. The lowest BCUT2D eigenvalue weighted by Crippen LogP contribution is -2.36. The second-order valence-corrected chi connectivity index (χ2v) is 6.72. The number of rotatable bonds is 4. The van der Waals surface area contributed by atoms with E-state index in [0.717, 1.165) is 18.5 Å². The average molecular weight is 301 g/mol. The van der Waals surface area contributed by atoms with Crippen molar-refractivity contribution in [3.05, 3.63) is 24.0 Å². The van der Waals surface area contributed by atoms with Crippen LogP contribution in [-0.2, 0) is 0 Å². The van der Waals surface area contributed by atoms with E-state index in [1.807, 2.05) is 12.1 Å². The molecule has 3 rings (SSSR count). The Kier molecular flexibility index (Phi) is 5.30. The van der Waals surface area contributed by atoms with Crippen LogP contribution in [0.4, 0.5) is 5.69 Å². The van der Waals surface area contributed by atoms with Gasteiger partial charge in [-0.25, -0.2) is 4.98 Å². The van der Waals surface area contributed by atoms with E-state index in [0.29, 0.717) is 17.8 Å². The zero-order valence-electron chi connectivity index (χ0n) is 13.3. The summed E-state index contributed by atoms with van der Waals surface area (Å²) in [5, 5.41) is 6.65. The molecule has 22 heavy (non-hydrogen) atoms. The number of pyridine rings is 1. The molecule has 1 aromatic rings. The second kappa shape index (κ2) is 7.61. The molecule has 0 unspecified atom stereocenters. The fourth-order valence-corrected chi connectivity index (χ4v) is 3.60. The zero-order valence-corrected chi connectivity index (χ0v) is 13.3. The first-order valence-corrected chi connectivity index (χ1v) is 8.85. The lowest BCUT2D eigenvalue weighted by molar-refractivity contribution is 0.0922. The van der Waals surface area contributed by atoms with Crippen molar-refractivity contribution in [2.45, 2.75) is 76.3 Å². The molecule has 2 N–H and O–H groups in total. The van der Waals surface area contributed by atoms with Crippen LogP contribution in [0.5, 0.6) is 0 Å². The maximum atomic E-state index is 12.2. The SMILES string of the molecule is O=C(NC1CCCCC1)c1ccc(NC2CCCCC2)cn1. The van der Waals surface area contributed by atoms with Crippen LogP contribution in [0.25, 0.3) is 0 Å². The Morgan fingerprint density at radius 1 is 0.909 bits per heavy atom. The summed E-state index contributed by atoms with van der Waals surface area (Å²) < 4.78 is 0. The van der Waals surface area contributed by atoms with Gasteiger partial charge in [-0.2, -0.15) is 0 Å². The Balaban J connectivity index is 1.52. The van der Waals surface area contributed by atoms with E-state index >= 15 is 0 Å². The molecule has 120 valence electrons. The molecule has 0 aliphatic heterocycles. The zero-order chi connectivity index (χ0) is 15.2. The number of nitrogens with one attached hydrogen (secondary N) is 2. The predicted molar refractivity (Wildman–Crippen MR) is 89.1 cm³/mol. The molecule has 2 fully saturated rings. The van der Waals surface area contributed by atoms with Gasteiger partial charge >= 0.3 is 0 Å². The van der Waals surface area contributed by atoms with Crippen LogP contribution in [0, 0.1) is 0 Å². The van der Waals surface area contributed by atoms with Gasteiger partial charge in [0.25, 0.3) is 5.91 Å². The van der Waals surface area contributed by atoms with Crippen molar-refractivity contribution in [3.63, 3.8) is 0 Å². The highest BCUT2D eigenvalue weighted by molar-refractivity contribution is 5.92. The molecule has 1 heterocycles. The number of carbonyl (C=O) groups is 1. The van der Waals surface area contributed by atoms with Crippen molar-refractivity contribution in [2.75, 3.05) is 5.32 Å². The third kappa shape index (κ3) is 4.21. The van der Waals surface area contributed by atoms with Crippen LogP contribution < -0.4 is 10.6 Å². The number of nitrogens with zero attached hydrogens (tertiary/aromatic N) is 1. The molecule has 0 bridgehead atoms. The maximum Gasteiger partial charge on any atom is 0.270 e. The van der Waals surface area contributed by atoms with Crippen LogP contribution >= 0.6 is 0 Å². The molecule has 2 aliphatic rings. The fourth-order valence-electron chi connectivity index (χ4n) is 3.60. The molecule has 0 aromatic carbocycles. The number of anilines is 1. The Morgan fingerprint density at radius 3 is 2.14 bits per heavy atom. The van der Waals surface area contributed by atoms with Gasteiger partial charge in [0.05, 0.1) is 11.9 Å². The standard InChI is InChI=1S/C18H27N3O/c22-18(21-15-9-5-2-6-10-15)17-12-11-16(13-19-17)20-14-7-3-1-4-8-14/h11-15,20H,1-10H2,(H,21,22). The molecule has 0 spiro atoms. The van der Waals surface area contributed by atoms with Crippen molar-refractivity contribution in [3.8, 4) is 0 Å². The second-order valence-electron chi connectivity index (χ2n) is 6.72. The monoisotopic (exact) mass is 301 g/mol. The molecule has 4 heteroatoms. The summed E-state index contributed by atoms with van der Waals surface area (Å²) in [6.45, 7) is 0. The Morgan fingerprint density at radius 2 is 1.55 bits per heavy atom. The van der Waals surface area contributed by atoms with Crippen LogP contribution in [0.1, 0.15) is 74.7 Å². The summed E-state index contributed by atoms with van der Waals surface area (Å²) >= 11 is 0. The highest BCUT2D eigenvalue weighted by atomic mass is 16.1. The normalized spacial score (nSPS) is 20.5. The Hall–Kier alpha value is -1.58. The van der Waals surface area contributed by atoms with Crippen LogP contribution in [0.2, 0.25) is 0 Å². The third-order valence-electron chi connectivity index (χ3n) is 4.91. The molecule has 1 amide bonds. The molecule has 0 radical (unpaired) electrons. The number of hydrogen-bond acceptors (Lipinski definition) is 3. The molecule has 2 aliphatic carbocycles. The number of hydrogen-bond donors (Lipinski definition) is 2. The minimum Gasteiger partial charge on any atom is -0.381 e. The predicted octanol–water partition coefficient (Wildman–Crippen LogP) is 3.89. The fraction of sp³-hybridized carbons (Fsp3) is 0.667. The van der Waals surface area contributed by atoms with Crippen molar-refractivity contribution >= 4 is 11.6 Å². The highest BCUT2D eigenvalue weighted by Gasteiger charge is 2.17. The maximum absolute atomic E-state index is 12.2. The topological polar surface area (TPSA) is 54.0 Å². The number of carbonyl (C=O) groups excluding carboxylic acids is 1. The van der Waals surface area contributed by atoms with Gasteiger partial charge in [0.2, 0.25) is 0 Å². The van der Waals surface area contributed by atoms with Gasteiger partial charge < -0.3 is 10.6 Å². The molecule has 2 saturated carbocycles. The van der Waals surface area contributed by atoms with Gasteiger partial charge in [0.15, 0.2) is 0 Å². The van der Waals surface area contributed by atoms with E-state index in [4.69, 9.17) is 0 Å². The molecule has 4 nitrogen and oxygen atoms in total. The van der Waals surface area contributed by atoms with Crippen LogP contribution in [-0.4, -0.2) is 23.0 Å². The summed E-state index contributed by atoms with van der Waals surface area (Å²) in [6.07, 6.45) is 14.2. The van der Waals surface area contributed by atoms with Gasteiger partial charge in [0, 0.05) is 12.1 Å². The lowest BCUT2D eigenvalue weighted by atomic mass is 9.95. The summed E-state index contributed by atoms with van der Waals surface area (Å²) in [4.78, 5) is 16.6. The molecular formula is C18H27N3O. The van der Waals surface area contributed by atoms with Crippen molar-refractivity contribution in [1.29, 1.82) is 0 Å². The van der Waals surface area contributed by atoms with Crippen LogP contribution in [0.3, 0.4) is 0 Å². The molecule has 1 aromatic heterocycles. The minimum atomic E-state index is -0.0314. The first-order valence-electron chi connectivity index (χ1n) is 8.85. The first-order chi connectivity index (χ1) is 10.8. The van der Waals surface area contributed by atoms with Crippen molar-refractivity contribution < 1.29 is 4.79 Å². The minimum absolute atomic E-state index is 0.0314. The van der Waals surface area contributed by atoms with E-state index in [-0.39, 0.29) is 5.91 Å². The Labute approximate surface area is 133 Å². The Bertz CT molecular complexity index is 474. The van der Waals surface area contributed by atoms with Gasteiger partial charge in [-0.1, -0.05) is 38.5 Å². The van der Waals surface area contributed by atoms with Gasteiger partial charge in [-0.3, -0.25) is 4.79 Å². The first kappa shape index (κ1) is 15.3. The lowest BCUT2D eigenvalue weighted by Gasteiger charge is -2.24. The summed E-state index contributed by atoms with van der Waals surface area (Å²) in [5.74, 6) is -0.0314. The van der Waals surface area contributed by atoms with E-state index in [9.17, 15) is 4.79 Å². The summed E-state index contributed by atoms with van der Waals surface area (Å²) in [7, 11) is 0. The van der Waals surface area contributed by atoms with Crippen molar-refractivity contribution in [1.82, 2.24) is 10.3 Å². The smallest absolute Gasteiger partial charge is 0.270 e. The van der Waals surface area contributed by atoms with Crippen LogP contribution in [0.15, 0.2) is 18.3 Å². The third-order valence-corrected chi connectivity index (χ3v) is 4.91. The van der Waals surface area contributed by atoms with Crippen molar-refractivity contribution in [2.24, 2.45) is 0 Å². The molecular weight excluding hydrogens is 274 g/mol.